The van der Waals surface area contributed by atoms with Crippen molar-refractivity contribution in [3.8, 4) is 0 Å². The first kappa shape index (κ1) is 22.5. The Labute approximate surface area is 170 Å². The van der Waals surface area contributed by atoms with E-state index in [1.54, 1.807) is 0 Å². The second-order valence-corrected chi connectivity index (χ2v) is 9.00. The van der Waals surface area contributed by atoms with E-state index in [0.29, 0.717) is 36.8 Å². The molecule has 2 atom stereocenters. The summed E-state index contributed by atoms with van der Waals surface area (Å²) in [6, 6.07) is 0.590. The average molecular weight is 400 g/mol. The lowest BCUT2D eigenvalue weighted by Crippen LogP contribution is -2.43. The molecule has 5 nitrogen and oxygen atoms in total. The summed E-state index contributed by atoms with van der Waals surface area (Å²) < 4.78 is 0. The molecule has 2 unspecified atom stereocenters. The lowest BCUT2D eigenvalue weighted by molar-refractivity contribution is -0.137. The highest BCUT2D eigenvalue weighted by molar-refractivity contribution is 5.85. The minimum Gasteiger partial charge on any atom is -0.353 e. The molecule has 2 saturated carbocycles. The maximum Gasteiger partial charge on any atom is 0.225 e. The van der Waals surface area contributed by atoms with Gasteiger partial charge < -0.3 is 16.0 Å². The van der Waals surface area contributed by atoms with Crippen LogP contribution in [0.25, 0.3) is 0 Å². The Bertz CT molecular complexity index is 488. The number of nitrogens with zero attached hydrogens (tertiary/aromatic N) is 1. The maximum atomic E-state index is 12.9. The van der Waals surface area contributed by atoms with E-state index in [1.165, 1.54) is 32.1 Å². The van der Waals surface area contributed by atoms with E-state index in [0.717, 1.165) is 38.6 Å². The predicted octanol–water partition coefficient (Wildman–Crippen LogP) is 3.25. The number of amides is 2. The minimum absolute atomic E-state index is 0. The van der Waals surface area contributed by atoms with Gasteiger partial charge in [-0.05, 0) is 70.3 Å². The molecule has 156 valence electrons. The molecule has 3 N–H and O–H groups in total. The van der Waals surface area contributed by atoms with Crippen molar-refractivity contribution in [2.75, 3.05) is 13.1 Å². The molecular formula is C21H38ClN3O2. The number of rotatable bonds is 5. The molecule has 0 aromatic carbocycles. The smallest absolute Gasteiger partial charge is 0.225 e. The average Bonchev–Trinajstić information content (AvgIpc) is 3.03. The Morgan fingerprint density at radius 3 is 2.26 bits per heavy atom. The summed E-state index contributed by atoms with van der Waals surface area (Å²) in [5.74, 6) is 1.74. The van der Waals surface area contributed by atoms with Gasteiger partial charge in [-0.1, -0.05) is 19.3 Å². The Morgan fingerprint density at radius 2 is 1.67 bits per heavy atom. The Balaban J connectivity index is 0.00000261. The van der Waals surface area contributed by atoms with Crippen LogP contribution in [0.15, 0.2) is 0 Å². The van der Waals surface area contributed by atoms with Crippen LogP contribution in [0.4, 0.5) is 0 Å². The van der Waals surface area contributed by atoms with Crippen molar-refractivity contribution in [2.24, 2.45) is 23.5 Å². The van der Waals surface area contributed by atoms with Crippen molar-refractivity contribution in [1.82, 2.24) is 10.2 Å². The molecule has 1 aliphatic heterocycles. The van der Waals surface area contributed by atoms with Gasteiger partial charge >= 0.3 is 0 Å². The summed E-state index contributed by atoms with van der Waals surface area (Å²) in [5.41, 5.74) is 5.79. The standard InChI is InChI=1S/C21H37N3O2.ClH/c1-15-11-17(13-22)14-24(15)21(26)18-7-9-19(10-8-18)23-20(25)12-16-5-3-2-4-6-16;/h15-19H,2-14,22H2,1H3,(H,23,25);1H. The highest BCUT2D eigenvalue weighted by Gasteiger charge is 2.36. The van der Waals surface area contributed by atoms with E-state index < -0.39 is 0 Å². The zero-order chi connectivity index (χ0) is 18.5. The molecule has 27 heavy (non-hydrogen) atoms. The predicted molar refractivity (Wildman–Crippen MR) is 111 cm³/mol. The molecule has 6 heteroatoms. The number of carbonyl (C=O) groups is 2. The maximum absolute atomic E-state index is 12.9. The van der Waals surface area contributed by atoms with Gasteiger partial charge in [0, 0.05) is 31.0 Å². The van der Waals surface area contributed by atoms with Crippen LogP contribution in [0, 0.1) is 17.8 Å². The lowest BCUT2D eigenvalue weighted by atomic mass is 9.84. The topological polar surface area (TPSA) is 75.4 Å². The van der Waals surface area contributed by atoms with Gasteiger partial charge in [-0.25, -0.2) is 0 Å². The molecule has 1 heterocycles. The molecule has 0 radical (unpaired) electrons. The molecule has 0 aromatic rings. The van der Waals surface area contributed by atoms with Crippen molar-refractivity contribution < 1.29 is 9.59 Å². The van der Waals surface area contributed by atoms with Crippen molar-refractivity contribution in [2.45, 2.75) is 89.6 Å². The number of nitrogens with two attached hydrogens (primary N) is 1. The highest BCUT2D eigenvalue weighted by Crippen LogP contribution is 2.31. The third kappa shape index (κ3) is 6.08. The molecule has 0 bridgehead atoms. The molecule has 3 rings (SSSR count). The fourth-order valence-electron chi connectivity index (χ4n) is 5.28. The molecule has 2 amide bonds. The van der Waals surface area contributed by atoms with Crippen LogP contribution in [-0.4, -0.2) is 41.9 Å². The zero-order valence-electron chi connectivity index (χ0n) is 16.8. The van der Waals surface area contributed by atoms with Crippen molar-refractivity contribution in [1.29, 1.82) is 0 Å². The van der Waals surface area contributed by atoms with Gasteiger partial charge in [0.2, 0.25) is 11.8 Å². The van der Waals surface area contributed by atoms with Crippen LogP contribution in [0.5, 0.6) is 0 Å². The largest absolute Gasteiger partial charge is 0.353 e. The van der Waals surface area contributed by atoms with E-state index in [4.69, 9.17) is 5.73 Å². The zero-order valence-corrected chi connectivity index (χ0v) is 17.6. The number of hydrogen-bond donors (Lipinski definition) is 2. The number of carbonyl (C=O) groups excluding carboxylic acids is 2. The lowest BCUT2D eigenvalue weighted by Gasteiger charge is -2.33. The summed E-state index contributed by atoms with van der Waals surface area (Å²) in [5, 5.41) is 3.24. The van der Waals surface area contributed by atoms with Gasteiger partial charge in [0.25, 0.3) is 0 Å². The van der Waals surface area contributed by atoms with E-state index in [2.05, 4.69) is 17.1 Å². The third-order valence-corrected chi connectivity index (χ3v) is 6.92. The van der Waals surface area contributed by atoms with Crippen molar-refractivity contribution >= 4 is 24.2 Å². The SMILES string of the molecule is CC1CC(CN)CN1C(=O)C1CCC(NC(=O)CC2CCCCC2)CC1.Cl. The van der Waals surface area contributed by atoms with Crippen LogP contribution < -0.4 is 11.1 Å². The van der Waals surface area contributed by atoms with E-state index in [1.807, 2.05) is 0 Å². The van der Waals surface area contributed by atoms with E-state index in [-0.39, 0.29) is 30.3 Å². The molecule has 1 saturated heterocycles. The van der Waals surface area contributed by atoms with Gasteiger partial charge in [0.1, 0.15) is 0 Å². The van der Waals surface area contributed by atoms with Gasteiger partial charge in [-0.3, -0.25) is 9.59 Å². The summed E-state index contributed by atoms with van der Waals surface area (Å²) in [6.45, 7) is 3.65. The van der Waals surface area contributed by atoms with Gasteiger partial charge in [-0.2, -0.15) is 0 Å². The van der Waals surface area contributed by atoms with Crippen LogP contribution in [-0.2, 0) is 9.59 Å². The summed E-state index contributed by atoms with van der Waals surface area (Å²) in [7, 11) is 0. The number of likely N-dealkylation sites (tertiary alicyclic amines) is 1. The second-order valence-electron chi connectivity index (χ2n) is 9.00. The fraction of sp³-hybridized carbons (Fsp3) is 0.905. The fourth-order valence-corrected chi connectivity index (χ4v) is 5.28. The van der Waals surface area contributed by atoms with E-state index in [9.17, 15) is 9.59 Å². The summed E-state index contributed by atoms with van der Waals surface area (Å²) in [4.78, 5) is 27.2. The normalized spacial score (nSPS) is 32.0. The molecule has 3 fully saturated rings. The number of nitrogens with one attached hydrogen (secondary N) is 1. The third-order valence-electron chi connectivity index (χ3n) is 6.92. The summed E-state index contributed by atoms with van der Waals surface area (Å²) in [6.07, 6.45) is 11.8. The molecule has 2 aliphatic carbocycles. The molecular weight excluding hydrogens is 362 g/mol. The number of halogens is 1. The van der Waals surface area contributed by atoms with Crippen LogP contribution >= 0.6 is 12.4 Å². The molecule has 0 aromatic heterocycles. The molecule has 0 spiro atoms. The number of hydrogen-bond acceptors (Lipinski definition) is 3. The Morgan fingerprint density at radius 1 is 1.00 bits per heavy atom. The second kappa shape index (κ2) is 10.7. The first-order valence-corrected chi connectivity index (χ1v) is 10.9. The highest BCUT2D eigenvalue weighted by atomic mass is 35.5. The van der Waals surface area contributed by atoms with Gasteiger partial charge in [0.15, 0.2) is 0 Å². The van der Waals surface area contributed by atoms with Crippen molar-refractivity contribution in [3.05, 3.63) is 0 Å². The minimum atomic E-state index is 0. The first-order valence-electron chi connectivity index (χ1n) is 10.9. The molecule has 3 aliphatic rings. The van der Waals surface area contributed by atoms with Crippen molar-refractivity contribution in [3.63, 3.8) is 0 Å². The van der Waals surface area contributed by atoms with Gasteiger partial charge in [-0.15, -0.1) is 12.4 Å². The van der Waals surface area contributed by atoms with E-state index >= 15 is 0 Å². The first-order chi connectivity index (χ1) is 12.6. The van der Waals surface area contributed by atoms with Crippen LogP contribution in [0.2, 0.25) is 0 Å². The van der Waals surface area contributed by atoms with Crippen LogP contribution in [0.3, 0.4) is 0 Å². The Hall–Kier alpha value is -0.810. The van der Waals surface area contributed by atoms with Gasteiger partial charge in [0.05, 0.1) is 0 Å². The summed E-state index contributed by atoms with van der Waals surface area (Å²) >= 11 is 0. The monoisotopic (exact) mass is 399 g/mol. The Kier molecular flexibility index (Phi) is 8.87. The quantitative estimate of drug-likeness (QED) is 0.745. The van der Waals surface area contributed by atoms with Crippen LogP contribution in [0.1, 0.15) is 77.6 Å².